The van der Waals surface area contributed by atoms with Crippen molar-refractivity contribution in [3.05, 3.63) is 78.3 Å². The number of aromatic nitrogens is 2. The molecule has 2 aromatic carbocycles. The average Bonchev–Trinajstić information content (AvgIpc) is 2.64. The molecule has 1 amide bonds. The number of amides is 1. The third-order valence-electron chi connectivity index (χ3n) is 4.31. The molecule has 140 valence electrons. The van der Waals surface area contributed by atoms with Gasteiger partial charge < -0.3 is 14.5 Å². The van der Waals surface area contributed by atoms with E-state index in [2.05, 4.69) is 4.98 Å². The molecule has 0 atom stereocenters. The Morgan fingerprint density at radius 3 is 2.56 bits per heavy atom. The zero-order valence-corrected chi connectivity index (χ0v) is 16.3. The van der Waals surface area contributed by atoms with Crippen LogP contribution in [0.25, 0.3) is 11.0 Å². The van der Waals surface area contributed by atoms with E-state index < -0.39 is 11.1 Å². The monoisotopic (exact) mass is 405 g/mol. The lowest BCUT2D eigenvalue weighted by molar-refractivity contribution is 0.0785. The van der Waals surface area contributed by atoms with Crippen molar-refractivity contribution in [1.29, 1.82) is 0 Å². The Bertz CT molecular complexity index is 1150. The first-order chi connectivity index (χ1) is 12.8. The highest BCUT2D eigenvalue weighted by Gasteiger charge is 2.15. The molecule has 0 saturated heterocycles. The van der Waals surface area contributed by atoms with Gasteiger partial charge >= 0.3 is 11.1 Å². The molecule has 0 aliphatic heterocycles. The summed E-state index contributed by atoms with van der Waals surface area (Å²) in [6.07, 6.45) is 0. The van der Waals surface area contributed by atoms with Crippen LogP contribution in [-0.4, -0.2) is 27.4 Å². The quantitative estimate of drug-likeness (QED) is 0.676. The van der Waals surface area contributed by atoms with Crippen molar-refractivity contribution in [2.75, 3.05) is 7.05 Å². The van der Waals surface area contributed by atoms with Gasteiger partial charge in [0.15, 0.2) is 0 Å². The van der Waals surface area contributed by atoms with Crippen molar-refractivity contribution in [1.82, 2.24) is 14.5 Å². The first-order valence-corrected chi connectivity index (χ1v) is 9.03. The van der Waals surface area contributed by atoms with Gasteiger partial charge in [-0.3, -0.25) is 14.4 Å². The van der Waals surface area contributed by atoms with E-state index in [4.69, 9.17) is 23.2 Å². The maximum absolute atomic E-state index is 12.8. The zero-order valence-electron chi connectivity index (χ0n) is 14.8. The van der Waals surface area contributed by atoms with E-state index in [0.717, 1.165) is 5.56 Å². The number of nitrogens with zero attached hydrogens (tertiary/aromatic N) is 2. The molecule has 27 heavy (non-hydrogen) atoms. The van der Waals surface area contributed by atoms with Gasteiger partial charge in [-0.2, -0.15) is 0 Å². The lowest BCUT2D eigenvalue weighted by atomic mass is 10.1. The van der Waals surface area contributed by atoms with Gasteiger partial charge in [-0.15, -0.1) is 0 Å². The Labute approximate surface area is 164 Å². The van der Waals surface area contributed by atoms with Gasteiger partial charge in [-0.25, -0.2) is 0 Å². The zero-order chi connectivity index (χ0) is 19.7. The molecule has 6 nitrogen and oxygen atoms in total. The van der Waals surface area contributed by atoms with Gasteiger partial charge in [-0.05, 0) is 42.8 Å². The van der Waals surface area contributed by atoms with Crippen molar-refractivity contribution >= 4 is 40.1 Å². The Hall–Kier alpha value is -2.57. The SMILES string of the molecule is CCn1c(=O)c(=O)[nH]c2cc(C(=O)N(C)Cc3ccc(Cl)cc3Cl)ccc21. The van der Waals surface area contributed by atoms with Crippen LogP contribution in [0.5, 0.6) is 0 Å². The van der Waals surface area contributed by atoms with Crippen LogP contribution in [0.15, 0.2) is 46.0 Å². The lowest BCUT2D eigenvalue weighted by Crippen LogP contribution is -2.36. The molecule has 0 unspecified atom stereocenters. The first-order valence-electron chi connectivity index (χ1n) is 8.28. The predicted molar refractivity (Wildman–Crippen MR) is 107 cm³/mol. The van der Waals surface area contributed by atoms with Crippen LogP contribution >= 0.6 is 23.2 Å². The van der Waals surface area contributed by atoms with E-state index >= 15 is 0 Å². The molecule has 3 aromatic rings. The van der Waals surface area contributed by atoms with E-state index in [-0.39, 0.29) is 5.91 Å². The van der Waals surface area contributed by atoms with Crippen molar-refractivity contribution in [2.24, 2.45) is 0 Å². The van der Waals surface area contributed by atoms with Gasteiger partial charge in [0, 0.05) is 35.7 Å². The highest BCUT2D eigenvalue weighted by molar-refractivity contribution is 6.35. The predicted octanol–water partition coefficient (Wildman–Crippen LogP) is 3.29. The molecule has 1 heterocycles. The van der Waals surface area contributed by atoms with E-state index in [1.807, 2.05) is 0 Å². The standard InChI is InChI=1S/C19H17Cl2N3O3/c1-3-24-16-7-5-11(8-15(16)22-17(25)19(24)27)18(26)23(2)10-12-4-6-13(20)9-14(12)21/h4-9H,3,10H2,1-2H3,(H,22,25). The minimum absolute atomic E-state index is 0.238. The summed E-state index contributed by atoms with van der Waals surface area (Å²) in [7, 11) is 1.66. The Morgan fingerprint density at radius 1 is 1.15 bits per heavy atom. The van der Waals surface area contributed by atoms with Crippen LogP contribution in [0.3, 0.4) is 0 Å². The van der Waals surface area contributed by atoms with Gasteiger partial charge in [0.1, 0.15) is 0 Å². The molecule has 3 rings (SSSR count). The highest BCUT2D eigenvalue weighted by atomic mass is 35.5. The van der Waals surface area contributed by atoms with E-state index in [9.17, 15) is 14.4 Å². The second-order valence-electron chi connectivity index (χ2n) is 6.13. The summed E-state index contributed by atoms with van der Waals surface area (Å²) < 4.78 is 1.37. The summed E-state index contributed by atoms with van der Waals surface area (Å²) in [6.45, 7) is 2.45. The molecule has 0 fully saturated rings. The molecule has 1 aromatic heterocycles. The molecule has 0 radical (unpaired) electrons. The Balaban J connectivity index is 1.94. The second kappa shape index (κ2) is 7.58. The summed E-state index contributed by atoms with van der Waals surface area (Å²) in [5, 5.41) is 1.01. The maximum Gasteiger partial charge on any atom is 0.316 e. The van der Waals surface area contributed by atoms with Crippen LogP contribution in [0.4, 0.5) is 0 Å². The molecule has 0 spiro atoms. The number of carbonyl (C=O) groups is 1. The molecule has 0 bridgehead atoms. The number of nitrogens with one attached hydrogen (secondary N) is 1. The molecule has 8 heteroatoms. The number of hydrogen-bond acceptors (Lipinski definition) is 3. The fourth-order valence-electron chi connectivity index (χ4n) is 2.92. The Morgan fingerprint density at radius 2 is 1.89 bits per heavy atom. The van der Waals surface area contributed by atoms with Crippen LogP contribution in [0.1, 0.15) is 22.8 Å². The maximum atomic E-state index is 12.8. The molecule has 1 N–H and O–H groups in total. The average molecular weight is 406 g/mol. The molecule has 0 saturated carbocycles. The van der Waals surface area contributed by atoms with Crippen molar-refractivity contribution in [3.63, 3.8) is 0 Å². The lowest BCUT2D eigenvalue weighted by Gasteiger charge is -2.18. The minimum Gasteiger partial charge on any atom is -0.337 e. The molecular weight excluding hydrogens is 389 g/mol. The number of aromatic amines is 1. The normalized spacial score (nSPS) is 11.0. The fourth-order valence-corrected chi connectivity index (χ4v) is 3.39. The summed E-state index contributed by atoms with van der Waals surface area (Å²) in [5.74, 6) is -0.238. The number of benzene rings is 2. The number of rotatable bonds is 4. The molecule has 0 aliphatic rings. The van der Waals surface area contributed by atoms with Crippen molar-refractivity contribution in [3.8, 4) is 0 Å². The number of fused-ring (bicyclic) bond motifs is 1. The second-order valence-corrected chi connectivity index (χ2v) is 6.98. The number of aryl methyl sites for hydroxylation is 1. The number of halogens is 2. The van der Waals surface area contributed by atoms with Gasteiger partial charge in [0.2, 0.25) is 0 Å². The van der Waals surface area contributed by atoms with Crippen LogP contribution < -0.4 is 11.1 Å². The number of H-pyrrole nitrogens is 1. The summed E-state index contributed by atoms with van der Waals surface area (Å²) in [4.78, 5) is 40.6. The smallest absolute Gasteiger partial charge is 0.316 e. The molecule has 0 aliphatic carbocycles. The van der Waals surface area contributed by atoms with E-state index in [1.165, 1.54) is 9.47 Å². The first kappa shape index (κ1) is 19.2. The van der Waals surface area contributed by atoms with Crippen molar-refractivity contribution < 1.29 is 4.79 Å². The van der Waals surface area contributed by atoms with E-state index in [0.29, 0.717) is 39.7 Å². The van der Waals surface area contributed by atoms with Gasteiger partial charge in [-0.1, -0.05) is 29.3 Å². The highest BCUT2D eigenvalue weighted by Crippen LogP contribution is 2.22. The fraction of sp³-hybridized carbons (Fsp3) is 0.211. The van der Waals surface area contributed by atoms with E-state index in [1.54, 1.807) is 50.4 Å². The third kappa shape index (κ3) is 3.77. The van der Waals surface area contributed by atoms with Gasteiger partial charge in [0.05, 0.1) is 11.0 Å². The van der Waals surface area contributed by atoms with Crippen LogP contribution in [0, 0.1) is 0 Å². The van der Waals surface area contributed by atoms with Crippen LogP contribution in [-0.2, 0) is 13.1 Å². The van der Waals surface area contributed by atoms with Gasteiger partial charge in [0.25, 0.3) is 5.91 Å². The number of carbonyl (C=O) groups excluding carboxylic acids is 1. The van der Waals surface area contributed by atoms with Crippen molar-refractivity contribution in [2.45, 2.75) is 20.0 Å². The summed E-state index contributed by atoms with van der Waals surface area (Å²) in [5.41, 5.74) is 0.846. The summed E-state index contributed by atoms with van der Waals surface area (Å²) >= 11 is 12.1. The van der Waals surface area contributed by atoms with Crippen LogP contribution in [0.2, 0.25) is 10.0 Å². The largest absolute Gasteiger partial charge is 0.337 e. The summed E-state index contributed by atoms with van der Waals surface area (Å²) in [6, 6.07) is 9.98. The number of hydrogen-bond donors (Lipinski definition) is 1. The third-order valence-corrected chi connectivity index (χ3v) is 4.89. The topological polar surface area (TPSA) is 75.2 Å². The molecular formula is C19H17Cl2N3O3. The Kier molecular flexibility index (Phi) is 5.39. The minimum atomic E-state index is -0.713.